The number of aromatic nitrogens is 1. The Kier molecular flexibility index (Phi) is 9.72. The maximum Gasteiger partial charge on any atom is 0.337 e. The van der Waals surface area contributed by atoms with Crippen LogP contribution in [0.3, 0.4) is 0 Å². The normalized spacial score (nSPS) is 14.2. The van der Waals surface area contributed by atoms with Gasteiger partial charge in [-0.25, -0.2) is 9.79 Å². The third-order valence-corrected chi connectivity index (χ3v) is 8.22. The molecule has 0 spiro atoms. The van der Waals surface area contributed by atoms with Crippen molar-refractivity contribution in [2.75, 3.05) is 27.4 Å². The van der Waals surface area contributed by atoms with Crippen molar-refractivity contribution < 1.29 is 28.5 Å². The molecular weight excluding hydrogens is 604 g/mol. The fourth-order valence-corrected chi connectivity index (χ4v) is 6.01. The minimum absolute atomic E-state index is 0.199. The molecule has 2 heterocycles. The van der Waals surface area contributed by atoms with Crippen LogP contribution >= 0.6 is 22.9 Å². The molecule has 0 fully saturated rings. The van der Waals surface area contributed by atoms with Crippen molar-refractivity contribution in [3.63, 3.8) is 0 Å². The number of nitrogens with zero attached hydrogens (tertiary/aromatic N) is 2. The Morgan fingerprint density at radius 3 is 2.48 bits per heavy atom. The summed E-state index contributed by atoms with van der Waals surface area (Å²) in [5.41, 5.74) is 1.96. The van der Waals surface area contributed by atoms with Gasteiger partial charge in [-0.1, -0.05) is 59.3 Å². The summed E-state index contributed by atoms with van der Waals surface area (Å²) < 4.78 is 30.3. The third-order valence-electron chi connectivity index (χ3n) is 6.85. The van der Waals surface area contributed by atoms with Gasteiger partial charge in [0.15, 0.2) is 27.8 Å². The van der Waals surface area contributed by atoms with Gasteiger partial charge in [-0.05, 0) is 49.8 Å². The molecule has 5 rings (SSSR count). The topological polar surface area (TPSA) is 97.6 Å². The number of para-hydroxylation sites is 1. The lowest BCUT2D eigenvalue weighted by atomic mass is 9.97. The summed E-state index contributed by atoms with van der Waals surface area (Å²) in [7, 11) is 2.85. The second kappa shape index (κ2) is 13.8. The molecule has 44 heavy (non-hydrogen) atoms. The molecule has 0 saturated heterocycles. The number of halogens is 1. The third kappa shape index (κ3) is 6.22. The first-order chi connectivity index (χ1) is 21.4. The summed E-state index contributed by atoms with van der Waals surface area (Å²) in [6, 6.07) is 17.4. The number of carbonyl (C=O) groups is 1. The van der Waals surface area contributed by atoms with E-state index in [-0.39, 0.29) is 17.7 Å². The maximum atomic E-state index is 14.1. The summed E-state index contributed by atoms with van der Waals surface area (Å²) >= 11 is 7.55. The molecule has 11 heteroatoms. The number of rotatable bonds is 11. The van der Waals surface area contributed by atoms with Crippen molar-refractivity contribution >= 4 is 35.0 Å². The maximum absolute atomic E-state index is 14.1. The van der Waals surface area contributed by atoms with Crippen LogP contribution in [0.25, 0.3) is 6.08 Å². The van der Waals surface area contributed by atoms with E-state index in [0.717, 1.165) is 5.56 Å². The molecule has 0 unspecified atom stereocenters. The van der Waals surface area contributed by atoms with Crippen LogP contribution in [0.5, 0.6) is 23.0 Å². The Morgan fingerprint density at radius 2 is 1.75 bits per heavy atom. The van der Waals surface area contributed by atoms with Gasteiger partial charge < -0.3 is 23.7 Å². The monoisotopic (exact) mass is 634 g/mol. The van der Waals surface area contributed by atoms with Gasteiger partial charge >= 0.3 is 5.97 Å². The average molecular weight is 635 g/mol. The van der Waals surface area contributed by atoms with Crippen molar-refractivity contribution in [1.29, 1.82) is 0 Å². The lowest BCUT2D eigenvalue weighted by Crippen LogP contribution is -2.39. The molecular formula is C33H31ClN2O7S. The number of esters is 1. The van der Waals surface area contributed by atoms with E-state index >= 15 is 0 Å². The first-order valence-corrected chi connectivity index (χ1v) is 15.1. The van der Waals surface area contributed by atoms with Crippen LogP contribution in [0.15, 0.2) is 82.2 Å². The van der Waals surface area contributed by atoms with Crippen LogP contribution in [0.4, 0.5) is 0 Å². The zero-order chi connectivity index (χ0) is 31.2. The highest BCUT2D eigenvalue weighted by atomic mass is 35.5. The van der Waals surface area contributed by atoms with E-state index in [0.29, 0.717) is 61.7 Å². The van der Waals surface area contributed by atoms with E-state index in [1.807, 2.05) is 44.2 Å². The van der Waals surface area contributed by atoms with Crippen LogP contribution in [-0.2, 0) is 16.1 Å². The fourth-order valence-electron chi connectivity index (χ4n) is 4.86. The van der Waals surface area contributed by atoms with E-state index < -0.39 is 12.0 Å². The van der Waals surface area contributed by atoms with Gasteiger partial charge in [0.1, 0.15) is 6.61 Å². The van der Waals surface area contributed by atoms with Crippen molar-refractivity contribution in [2.24, 2.45) is 4.99 Å². The van der Waals surface area contributed by atoms with Gasteiger partial charge in [-0.3, -0.25) is 9.36 Å². The van der Waals surface area contributed by atoms with Crippen molar-refractivity contribution in [3.8, 4) is 23.0 Å². The van der Waals surface area contributed by atoms with Crippen LogP contribution < -0.4 is 33.8 Å². The van der Waals surface area contributed by atoms with E-state index in [1.165, 1.54) is 29.2 Å². The molecule has 0 amide bonds. The lowest BCUT2D eigenvalue weighted by molar-refractivity contribution is -0.136. The average Bonchev–Trinajstić information content (AvgIpc) is 3.35. The first kappa shape index (κ1) is 30.9. The second-order valence-corrected chi connectivity index (χ2v) is 10.9. The Labute approximate surface area is 263 Å². The number of methoxy groups -OCH3 is 2. The predicted octanol–water partition coefficient (Wildman–Crippen LogP) is 5.06. The SMILES string of the molecule is CCOc1ccc([C@H]2C(C(=O)OC)=CN=c3s/c(=C/c4cccc(OC)c4OCc4ccccc4Cl)c(=O)n32)cc1OCC. The predicted molar refractivity (Wildman–Crippen MR) is 169 cm³/mol. The first-order valence-electron chi connectivity index (χ1n) is 13.9. The molecule has 4 aromatic rings. The van der Waals surface area contributed by atoms with Crippen LogP contribution in [0.1, 0.15) is 36.6 Å². The summed E-state index contributed by atoms with van der Waals surface area (Å²) in [5, 5.41) is 0.584. The number of hydrogen-bond acceptors (Lipinski definition) is 9. The number of carbonyl (C=O) groups excluding carboxylic acids is 1. The smallest absolute Gasteiger partial charge is 0.337 e. The number of ether oxygens (including phenoxy) is 5. The van der Waals surface area contributed by atoms with Crippen molar-refractivity contribution in [3.05, 3.63) is 114 Å². The van der Waals surface area contributed by atoms with Crippen LogP contribution in [0, 0.1) is 0 Å². The Bertz CT molecular complexity index is 1900. The summed E-state index contributed by atoms with van der Waals surface area (Å²) in [6.07, 6.45) is 3.18. The van der Waals surface area contributed by atoms with E-state index in [4.69, 9.17) is 35.3 Å². The fraction of sp³-hybridized carbons (Fsp3) is 0.242. The summed E-state index contributed by atoms with van der Waals surface area (Å²) in [4.78, 5) is 31.9. The van der Waals surface area contributed by atoms with E-state index in [1.54, 1.807) is 43.5 Å². The lowest BCUT2D eigenvalue weighted by Gasteiger charge is -2.23. The van der Waals surface area contributed by atoms with Gasteiger partial charge in [0.25, 0.3) is 5.56 Å². The molecule has 9 nitrogen and oxygen atoms in total. The van der Waals surface area contributed by atoms with Crippen molar-refractivity contribution in [2.45, 2.75) is 26.5 Å². The largest absolute Gasteiger partial charge is 0.493 e. The number of benzene rings is 3. The summed E-state index contributed by atoms with van der Waals surface area (Å²) in [5.74, 6) is 1.44. The Balaban J connectivity index is 1.63. The second-order valence-electron chi connectivity index (χ2n) is 9.51. The number of thiazole rings is 1. The van der Waals surface area contributed by atoms with Crippen molar-refractivity contribution in [1.82, 2.24) is 4.57 Å². The molecule has 228 valence electrons. The highest BCUT2D eigenvalue weighted by Gasteiger charge is 2.31. The molecule has 0 N–H and O–H groups in total. The molecule has 1 aliphatic heterocycles. The highest BCUT2D eigenvalue weighted by Crippen LogP contribution is 2.36. The molecule has 0 aliphatic carbocycles. The van der Waals surface area contributed by atoms with Gasteiger partial charge in [0.2, 0.25) is 0 Å². The molecule has 1 aromatic heterocycles. The molecule has 3 aromatic carbocycles. The van der Waals surface area contributed by atoms with Gasteiger partial charge in [0.05, 0.1) is 43.6 Å². The quantitative estimate of drug-likeness (QED) is 0.213. The number of hydrogen-bond donors (Lipinski definition) is 0. The minimum Gasteiger partial charge on any atom is -0.493 e. The zero-order valence-corrected chi connectivity index (χ0v) is 26.2. The molecule has 0 bridgehead atoms. The molecule has 1 aliphatic rings. The number of fused-ring (bicyclic) bond motifs is 1. The van der Waals surface area contributed by atoms with Crippen LogP contribution in [-0.4, -0.2) is 38.0 Å². The standard InChI is InChI=1S/C33H31ClN2O7S/c1-5-41-25-15-14-20(16-27(25)42-6-2)29-23(32(38)40-4)18-35-33-36(29)31(37)28(44-33)17-21-11-9-13-26(39-3)30(21)43-19-22-10-7-8-12-24(22)34/h7-18,29H,5-6,19H2,1-4H3/b28-17+/t29-/m0/s1. The van der Waals surface area contributed by atoms with E-state index in [2.05, 4.69) is 4.99 Å². The van der Waals surface area contributed by atoms with Gasteiger partial charge in [-0.2, -0.15) is 0 Å². The molecule has 0 saturated carbocycles. The molecule has 0 radical (unpaired) electrons. The van der Waals surface area contributed by atoms with Crippen LogP contribution in [0.2, 0.25) is 5.02 Å². The van der Waals surface area contributed by atoms with Gasteiger partial charge in [-0.15, -0.1) is 0 Å². The van der Waals surface area contributed by atoms with Gasteiger partial charge in [0, 0.05) is 22.3 Å². The molecule has 1 atom stereocenters. The zero-order valence-electron chi connectivity index (χ0n) is 24.7. The Morgan fingerprint density at radius 1 is 0.977 bits per heavy atom. The minimum atomic E-state index is -0.808. The highest BCUT2D eigenvalue weighted by molar-refractivity contribution is 7.07. The summed E-state index contributed by atoms with van der Waals surface area (Å²) in [6.45, 7) is 4.82. The Hall–Kier alpha value is -4.54. The van der Waals surface area contributed by atoms with E-state index in [9.17, 15) is 9.59 Å².